The summed E-state index contributed by atoms with van der Waals surface area (Å²) in [4.78, 5) is 0. The van der Waals surface area contributed by atoms with Crippen LogP contribution in [0.1, 0.15) is 49.8 Å². The van der Waals surface area contributed by atoms with E-state index in [1.807, 2.05) is 12.1 Å². The highest BCUT2D eigenvalue weighted by Crippen LogP contribution is 2.49. The van der Waals surface area contributed by atoms with Crippen LogP contribution in [-0.2, 0) is 21.9 Å². The number of fused-ring (bicyclic) bond motifs is 4. The molecular formula is C21H26ClN3O3S. The summed E-state index contributed by atoms with van der Waals surface area (Å²) in [7, 11) is -2.90. The normalized spacial score (nSPS) is 25.0. The standard InChI is InChI=1S/C21H26ClN3O3S/c1-13-24-19-17(22)10-14-9-16(11-23-15-5-8-29(26,27)12-15)28-20(14)18(19)21(25-13)6-3-2-4-7-21/h9-10,15,23-25H,1-8,11-12H2. The molecule has 8 heteroatoms. The lowest BCUT2D eigenvalue weighted by Gasteiger charge is -2.44. The third kappa shape index (κ3) is 3.43. The van der Waals surface area contributed by atoms with Gasteiger partial charge in [0, 0.05) is 17.0 Å². The zero-order valence-corrected chi connectivity index (χ0v) is 17.9. The number of anilines is 1. The van der Waals surface area contributed by atoms with E-state index in [0.29, 0.717) is 18.0 Å². The van der Waals surface area contributed by atoms with Crippen LogP contribution in [0.3, 0.4) is 0 Å². The Hall–Kier alpha value is -1.70. The maximum Gasteiger partial charge on any atom is 0.151 e. The zero-order valence-electron chi connectivity index (χ0n) is 16.3. The molecule has 156 valence electrons. The Labute approximate surface area is 176 Å². The molecule has 1 spiro atoms. The first kappa shape index (κ1) is 19.3. The summed E-state index contributed by atoms with van der Waals surface area (Å²) in [6, 6.07) is 3.94. The Morgan fingerprint density at radius 2 is 2.07 bits per heavy atom. The number of hydrogen-bond acceptors (Lipinski definition) is 6. The van der Waals surface area contributed by atoms with Crippen molar-refractivity contribution in [1.82, 2.24) is 10.6 Å². The van der Waals surface area contributed by atoms with Crippen LogP contribution >= 0.6 is 11.6 Å². The number of hydrogen-bond donors (Lipinski definition) is 3. The molecule has 1 aliphatic carbocycles. The monoisotopic (exact) mass is 435 g/mol. The van der Waals surface area contributed by atoms with E-state index < -0.39 is 9.84 Å². The van der Waals surface area contributed by atoms with Crippen molar-refractivity contribution in [2.45, 2.75) is 56.7 Å². The molecule has 1 saturated heterocycles. The fraction of sp³-hybridized carbons (Fsp3) is 0.524. The highest BCUT2D eigenvalue weighted by atomic mass is 35.5. The molecule has 2 fully saturated rings. The molecular weight excluding hydrogens is 410 g/mol. The van der Waals surface area contributed by atoms with Gasteiger partial charge in [0.25, 0.3) is 0 Å². The second kappa shape index (κ2) is 6.93. The summed E-state index contributed by atoms with van der Waals surface area (Å²) in [5.41, 5.74) is 2.64. The molecule has 3 aliphatic rings. The highest BCUT2D eigenvalue weighted by Gasteiger charge is 2.42. The first-order chi connectivity index (χ1) is 13.9. The minimum atomic E-state index is -2.90. The molecule has 2 aromatic rings. The summed E-state index contributed by atoms with van der Waals surface area (Å²) >= 11 is 6.65. The first-order valence-electron chi connectivity index (χ1n) is 10.3. The minimum absolute atomic E-state index is 0.0120. The summed E-state index contributed by atoms with van der Waals surface area (Å²) in [6.45, 7) is 4.61. The van der Waals surface area contributed by atoms with E-state index in [1.54, 1.807) is 0 Å². The Morgan fingerprint density at radius 3 is 2.79 bits per heavy atom. The van der Waals surface area contributed by atoms with Crippen molar-refractivity contribution in [3.05, 3.63) is 40.9 Å². The maximum atomic E-state index is 11.7. The van der Waals surface area contributed by atoms with Crippen LogP contribution in [0, 0.1) is 0 Å². The van der Waals surface area contributed by atoms with Gasteiger partial charge in [0.05, 0.1) is 40.1 Å². The molecule has 3 heterocycles. The Balaban J connectivity index is 1.51. The first-order valence-corrected chi connectivity index (χ1v) is 12.5. The quantitative estimate of drug-likeness (QED) is 0.675. The van der Waals surface area contributed by atoms with Gasteiger partial charge in [-0.25, -0.2) is 8.42 Å². The molecule has 0 radical (unpaired) electrons. The van der Waals surface area contributed by atoms with Crippen molar-refractivity contribution >= 4 is 38.1 Å². The van der Waals surface area contributed by atoms with Crippen LogP contribution < -0.4 is 16.0 Å². The van der Waals surface area contributed by atoms with Crippen molar-refractivity contribution in [2.75, 3.05) is 16.8 Å². The van der Waals surface area contributed by atoms with E-state index >= 15 is 0 Å². The molecule has 0 bridgehead atoms. The van der Waals surface area contributed by atoms with Crippen molar-refractivity contribution < 1.29 is 12.8 Å². The average molecular weight is 436 g/mol. The molecule has 1 aromatic carbocycles. The van der Waals surface area contributed by atoms with Crippen LogP contribution in [0.25, 0.3) is 11.0 Å². The van der Waals surface area contributed by atoms with Gasteiger partial charge in [-0.15, -0.1) is 0 Å². The van der Waals surface area contributed by atoms with Crippen LogP contribution in [0.4, 0.5) is 5.69 Å². The second-order valence-corrected chi connectivity index (χ2v) is 11.2. The third-order valence-electron chi connectivity index (χ3n) is 6.46. The van der Waals surface area contributed by atoms with Gasteiger partial charge >= 0.3 is 0 Å². The fourth-order valence-corrected chi connectivity index (χ4v) is 7.10. The van der Waals surface area contributed by atoms with E-state index in [-0.39, 0.29) is 23.1 Å². The molecule has 1 unspecified atom stereocenters. The SMILES string of the molecule is C=C1Nc2c(Cl)cc3cc(CNC4CCS(=O)(=O)C4)oc3c2C2(CCCCC2)N1. The lowest BCUT2D eigenvalue weighted by atomic mass is 9.74. The summed E-state index contributed by atoms with van der Waals surface area (Å²) < 4.78 is 29.7. The van der Waals surface area contributed by atoms with Crippen LogP contribution in [0.15, 0.2) is 28.9 Å². The van der Waals surface area contributed by atoms with Gasteiger partial charge in [0.1, 0.15) is 11.3 Å². The number of furan rings is 1. The van der Waals surface area contributed by atoms with Gasteiger partial charge in [-0.3, -0.25) is 0 Å². The number of nitrogens with one attached hydrogen (secondary N) is 3. The molecule has 6 nitrogen and oxygen atoms in total. The number of sulfone groups is 1. The van der Waals surface area contributed by atoms with Gasteiger partial charge in [-0.2, -0.15) is 0 Å². The largest absolute Gasteiger partial charge is 0.459 e. The summed E-state index contributed by atoms with van der Waals surface area (Å²) in [6.07, 6.45) is 6.23. The highest BCUT2D eigenvalue weighted by molar-refractivity contribution is 7.91. The van der Waals surface area contributed by atoms with Crippen LogP contribution in [0.2, 0.25) is 5.02 Å². The van der Waals surface area contributed by atoms with Gasteiger partial charge in [0.2, 0.25) is 0 Å². The van der Waals surface area contributed by atoms with Gasteiger partial charge in [-0.1, -0.05) is 37.4 Å². The summed E-state index contributed by atoms with van der Waals surface area (Å²) in [5, 5.41) is 11.9. The minimum Gasteiger partial charge on any atom is -0.459 e. The van der Waals surface area contributed by atoms with Crippen molar-refractivity contribution in [1.29, 1.82) is 0 Å². The molecule has 5 rings (SSSR count). The van der Waals surface area contributed by atoms with Crippen LogP contribution in [-0.4, -0.2) is 26.0 Å². The van der Waals surface area contributed by atoms with E-state index in [1.165, 1.54) is 6.42 Å². The van der Waals surface area contributed by atoms with Crippen LogP contribution in [0.5, 0.6) is 0 Å². The Bertz CT molecular complexity index is 1090. The lowest BCUT2D eigenvalue weighted by Crippen LogP contribution is -2.48. The van der Waals surface area contributed by atoms with E-state index in [0.717, 1.165) is 59.5 Å². The zero-order chi connectivity index (χ0) is 20.2. The topological polar surface area (TPSA) is 83.4 Å². The van der Waals surface area contributed by atoms with Crippen molar-refractivity contribution in [2.24, 2.45) is 0 Å². The van der Waals surface area contributed by atoms with E-state index in [2.05, 4.69) is 22.5 Å². The third-order valence-corrected chi connectivity index (χ3v) is 8.53. The molecule has 1 atom stereocenters. The predicted octanol–water partition coefficient (Wildman–Crippen LogP) is 4.01. The van der Waals surface area contributed by atoms with Gasteiger partial charge in [-0.05, 0) is 31.4 Å². The maximum absolute atomic E-state index is 11.7. The second-order valence-electron chi connectivity index (χ2n) is 8.59. The molecule has 29 heavy (non-hydrogen) atoms. The van der Waals surface area contributed by atoms with Gasteiger partial charge in [0.15, 0.2) is 9.84 Å². The van der Waals surface area contributed by atoms with Crippen molar-refractivity contribution in [3.63, 3.8) is 0 Å². The molecule has 2 aliphatic heterocycles. The average Bonchev–Trinajstić information content (AvgIpc) is 3.22. The molecule has 3 N–H and O–H groups in total. The summed E-state index contributed by atoms with van der Waals surface area (Å²) in [5.74, 6) is 2.03. The molecule has 0 amide bonds. The number of halogens is 1. The van der Waals surface area contributed by atoms with Crippen molar-refractivity contribution in [3.8, 4) is 0 Å². The van der Waals surface area contributed by atoms with Gasteiger partial charge < -0.3 is 20.4 Å². The van der Waals surface area contributed by atoms with E-state index in [4.69, 9.17) is 16.0 Å². The molecule has 1 aromatic heterocycles. The molecule has 1 saturated carbocycles. The number of benzene rings is 1. The number of rotatable bonds is 3. The fourth-order valence-electron chi connectivity index (χ4n) is 5.13. The van der Waals surface area contributed by atoms with E-state index in [9.17, 15) is 8.42 Å². The smallest absolute Gasteiger partial charge is 0.151 e. The predicted molar refractivity (Wildman–Crippen MR) is 116 cm³/mol. The Morgan fingerprint density at radius 1 is 1.28 bits per heavy atom. The Kier molecular flexibility index (Phi) is 4.60. The lowest BCUT2D eigenvalue weighted by molar-refractivity contribution is 0.250.